The smallest absolute Gasteiger partial charge is 0.249 e. The number of rotatable bonds is 9. The second-order valence-corrected chi connectivity index (χ2v) is 6.47. The average Bonchev–Trinajstić information content (AvgIpc) is 2.70. The molecule has 7 heteroatoms. The highest BCUT2D eigenvalue weighted by atomic mass is 16.5. The third-order valence-electron chi connectivity index (χ3n) is 3.93. The number of nitrogens with zero attached hydrogens (tertiary/aromatic N) is 3. The third-order valence-corrected chi connectivity index (χ3v) is 3.93. The molecular formula is C21H25N5O2. The van der Waals surface area contributed by atoms with Crippen LogP contribution in [-0.4, -0.2) is 34.9 Å². The van der Waals surface area contributed by atoms with Crippen LogP contribution in [0.15, 0.2) is 54.7 Å². The zero-order valence-corrected chi connectivity index (χ0v) is 16.3. The van der Waals surface area contributed by atoms with Crippen molar-refractivity contribution in [2.24, 2.45) is 0 Å². The summed E-state index contributed by atoms with van der Waals surface area (Å²) < 4.78 is 11.0. The summed E-state index contributed by atoms with van der Waals surface area (Å²) in [6.07, 6.45) is 2.56. The van der Waals surface area contributed by atoms with Crippen molar-refractivity contribution in [3.8, 4) is 11.5 Å². The molecule has 0 aliphatic rings. The van der Waals surface area contributed by atoms with E-state index in [9.17, 15) is 0 Å². The molecule has 0 saturated heterocycles. The van der Waals surface area contributed by atoms with E-state index in [1.807, 2.05) is 56.3 Å². The summed E-state index contributed by atoms with van der Waals surface area (Å²) in [5, 5.41) is 14.5. The third kappa shape index (κ3) is 5.57. The second kappa shape index (κ2) is 9.55. The standard InChI is InChI=1S/C21H25N5O2/c1-15(2)28-18-10-8-17(9-11-18)24-21-25-20(14-23-26-21)22-13-12-16-6-4-5-7-19(16)27-3/h4-11,14-15H,12-13H2,1-3H3,(H2,22,24,25,26). The van der Waals surface area contributed by atoms with Gasteiger partial charge in [-0.3, -0.25) is 0 Å². The van der Waals surface area contributed by atoms with E-state index in [-0.39, 0.29) is 6.10 Å². The van der Waals surface area contributed by atoms with Gasteiger partial charge in [-0.2, -0.15) is 10.1 Å². The fourth-order valence-corrected chi connectivity index (χ4v) is 2.69. The van der Waals surface area contributed by atoms with E-state index in [0.29, 0.717) is 18.3 Å². The molecule has 0 aliphatic carbocycles. The Morgan fingerprint density at radius 3 is 2.57 bits per heavy atom. The number of benzene rings is 2. The van der Waals surface area contributed by atoms with E-state index in [0.717, 1.165) is 29.2 Å². The molecule has 146 valence electrons. The molecule has 1 heterocycles. The van der Waals surface area contributed by atoms with Gasteiger partial charge in [-0.25, -0.2) is 0 Å². The van der Waals surface area contributed by atoms with Crippen LogP contribution in [0.4, 0.5) is 17.5 Å². The Balaban J connectivity index is 1.56. The molecule has 0 amide bonds. The van der Waals surface area contributed by atoms with Crippen molar-refractivity contribution in [1.29, 1.82) is 0 Å². The lowest BCUT2D eigenvalue weighted by atomic mass is 10.1. The van der Waals surface area contributed by atoms with Crippen molar-refractivity contribution in [1.82, 2.24) is 15.2 Å². The van der Waals surface area contributed by atoms with Gasteiger partial charge < -0.3 is 20.1 Å². The van der Waals surface area contributed by atoms with Crippen LogP contribution < -0.4 is 20.1 Å². The SMILES string of the molecule is COc1ccccc1CCNc1cnnc(Nc2ccc(OC(C)C)cc2)n1. The Labute approximate surface area is 165 Å². The first-order chi connectivity index (χ1) is 13.6. The number of nitrogens with one attached hydrogen (secondary N) is 2. The second-order valence-electron chi connectivity index (χ2n) is 6.47. The van der Waals surface area contributed by atoms with E-state index in [1.165, 1.54) is 0 Å². The van der Waals surface area contributed by atoms with Crippen LogP contribution in [0.25, 0.3) is 0 Å². The van der Waals surface area contributed by atoms with Gasteiger partial charge in [-0.15, -0.1) is 5.10 Å². The largest absolute Gasteiger partial charge is 0.496 e. The lowest BCUT2D eigenvalue weighted by molar-refractivity contribution is 0.242. The maximum atomic E-state index is 5.65. The molecule has 2 aromatic carbocycles. The molecule has 3 rings (SSSR count). The molecule has 0 bridgehead atoms. The quantitative estimate of drug-likeness (QED) is 0.580. The normalized spacial score (nSPS) is 10.6. The molecule has 0 spiro atoms. The molecule has 0 radical (unpaired) electrons. The summed E-state index contributed by atoms with van der Waals surface area (Å²) in [6.45, 7) is 4.70. The van der Waals surface area contributed by atoms with Gasteiger partial charge in [-0.1, -0.05) is 18.2 Å². The fraction of sp³-hybridized carbons (Fsp3) is 0.286. The summed E-state index contributed by atoms with van der Waals surface area (Å²) in [7, 11) is 1.68. The number of hydrogen-bond donors (Lipinski definition) is 2. The van der Waals surface area contributed by atoms with Gasteiger partial charge >= 0.3 is 0 Å². The molecule has 0 unspecified atom stereocenters. The van der Waals surface area contributed by atoms with Gasteiger partial charge in [0.15, 0.2) is 5.82 Å². The van der Waals surface area contributed by atoms with Gasteiger partial charge in [0.1, 0.15) is 11.5 Å². The number of anilines is 3. The number of methoxy groups -OCH3 is 1. The van der Waals surface area contributed by atoms with Crippen molar-refractivity contribution >= 4 is 17.5 Å². The van der Waals surface area contributed by atoms with Crippen LogP contribution in [0.1, 0.15) is 19.4 Å². The number of para-hydroxylation sites is 1. The molecule has 2 N–H and O–H groups in total. The summed E-state index contributed by atoms with van der Waals surface area (Å²) in [4.78, 5) is 4.45. The maximum Gasteiger partial charge on any atom is 0.249 e. The number of ether oxygens (including phenoxy) is 2. The zero-order chi connectivity index (χ0) is 19.8. The maximum absolute atomic E-state index is 5.65. The lowest BCUT2D eigenvalue weighted by Gasteiger charge is -2.11. The van der Waals surface area contributed by atoms with E-state index in [2.05, 4.69) is 31.9 Å². The Morgan fingerprint density at radius 2 is 1.82 bits per heavy atom. The first-order valence-electron chi connectivity index (χ1n) is 9.23. The van der Waals surface area contributed by atoms with E-state index in [4.69, 9.17) is 9.47 Å². The van der Waals surface area contributed by atoms with E-state index >= 15 is 0 Å². The van der Waals surface area contributed by atoms with E-state index < -0.39 is 0 Å². The van der Waals surface area contributed by atoms with Crippen molar-refractivity contribution in [3.63, 3.8) is 0 Å². The summed E-state index contributed by atoms with van der Waals surface area (Å²) in [5.41, 5.74) is 2.01. The van der Waals surface area contributed by atoms with Gasteiger partial charge in [0.05, 0.1) is 19.4 Å². The van der Waals surface area contributed by atoms with Crippen molar-refractivity contribution < 1.29 is 9.47 Å². The first-order valence-corrected chi connectivity index (χ1v) is 9.23. The number of aromatic nitrogens is 3. The van der Waals surface area contributed by atoms with Crippen molar-refractivity contribution in [2.45, 2.75) is 26.4 Å². The van der Waals surface area contributed by atoms with E-state index in [1.54, 1.807) is 13.3 Å². The Morgan fingerprint density at radius 1 is 1.04 bits per heavy atom. The molecule has 0 atom stereocenters. The van der Waals surface area contributed by atoms with Crippen LogP contribution in [0, 0.1) is 0 Å². The Bertz CT molecular complexity index is 884. The number of hydrogen-bond acceptors (Lipinski definition) is 7. The molecular weight excluding hydrogens is 354 g/mol. The minimum absolute atomic E-state index is 0.143. The molecule has 3 aromatic rings. The Kier molecular flexibility index (Phi) is 6.62. The van der Waals surface area contributed by atoms with Crippen LogP contribution >= 0.6 is 0 Å². The highest BCUT2D eigenvalue weighted by molar-refractivity contribution is 5.55. The summed E-state index contributed by atoms with van der Waals surface area (Å²) >= 11 is 0. The molecule has 7 nitrogen and oxygen atoms in total. The topological polar surface area (TPSA) is 81.2 Å². The molecule has 28 heavy (non-hydrogen) atoms. The highest BCUT2D eigenvalue weighted by Crippen LogP contribution is 2.20. The predicted molar refractivity (Wildman–Crippen MR) is 111 cm³/mol. The molecule has 1 aromatic heterocycles. The minimum atomic E-state index is 0.143. The van der Waals surface area contributed by atoms with Gasteiger partial charge in [0, 0.05) is 12.2 Å². The molecule has 0 aliphatic heterocycles. The monoisotopic (exact) mass is 379 g/mol. The van der Waals surface area contributed by atoms with Crippen molar-refractivity contribution in [2.75, 3.05) is 24.3 Å². The predicted octanol–water partition coefficient (Wildman–Crippen LogP) is 4.07. The van der Waals surface area contributed by atoms with Gasteiger partial charge in [0.2, 0.25) is 5.95 Å². The van der Waals surface area contributed by atoms with Gasteiger partial charge in [-0.05, 0) is 56.2 Å². The van der Waals surface area contributed by atoms with Gasteiger partial charge in [0.25, 0.3) is 0 Å². The fourth-order valence-electron chi connectivity index (χ4n) is 2.69. The van der Waals surface area contributed by atoms with Crippen molar-refractivity contribution in [3.05, 3.63) is 60.3 Å². The average molecular weight is 379 g/mol. The molecule has 0 fully saturated rings. The van der Waals surface area contributed by atoms with Crippen LogP contribution in [0.5, 0.6) is 11.5 Å². The summed E-state index contributed by atoms with van der Waals surface area (Å²) in [6, 6.07) is 15.6. The molecule has 0 saturated carbocycles. The minimum Gasteiger partial charge on any atom is -0.496 e. The summed E-state index contributed by atoms with van der Waals surface area (Å²) in [5.74, 6) is 2.80. The Hall–Kier alpha value is -3.35. The van der Waals surface area contributed by atoms with Crippen LogP contribution in [0.3, 0.4) is 0 Å². The highest BCUT2D eigenvalue weighted by Gasteiger charge is 2.04. The zero-order valence-electron chi connectivity index (χ0n) is 16.3. The lowest BCUT2D eigenvalue weighted by Crippen LogP contribution is -2.09. The van der Waals surface area contributed by atoms with Crippen LogP contribution in [-0.2, 0) is 6.42 Å². The first kappa shape index (κ1) is 19.4. The van der Waals surface area contributed by atoms with Crippen LogP contribution in [0.2, 0.25) is 0 Å².